The van der Waals surface area contributed by atoms with Crippen LogP contribution in [0.25, 0.3) is 0 Å². The molecule has 2 aliphatic heterocycles. The molecule has 0 aromatic heterocycles. The predicted molar refractivity (Wildman–Crippen MR) is 96.9 cm³/mol. The quantitative estimate of drug-likeness (QED) is 0.589. The third-order valence-electron chi connectivity index (χ3n) is 5.02. The Bertz CT molecular complexity index is 600. The summed E-state index contributed by atoms with van der Waals surface area (Å²) in [7, 11) is 0. The summed E-state index contributed by atoms with van der Waals surface area (Å²) in [5.41, 5.74) is -2.41. The number of halogens is 3. The van der Waals surface area contributed by atoms with Gasteiger partial charge in [-0.25, -0.2) is 9.59 Å². The molecule has 2 fully saturated rings. The first-order chi connectivity index (χ1) is 12.5. The molecule has 2 saturated heterocycles. The molecule has 2 aliphatic rings. The Kier molecular flexibility index (Phi) is 5.89. The summed E-state index contributed by atoms with van der Waals surface area (Å²) in [6.45, 7) is 10.4. The zero-order valence-electron chi connectivity index (χ0n) is 17.5. The van der Waals surface area contributed by atoms with Crippen molar-refractivity contribution in [2.45, 2.75) is 83.7 Å². The maximum Gasteiger partial charge on any atom is 0.410 e. The highest BCUT2D eigenvalue weighted by Crippen LogP contribution is 2.47. The van der Waals surface area contributed by atoms with Gasteiger partial charge in [0.05, 0.1) is 11.5 Å². The van der Waals surface area contributed by atoms with Crippen molar-refractivity contribution in [2.75, 3.05) is 19.6 Å². The lowest BCUT2D eigenvalue weighted by Gasteiger charge is -2.44. The molecule has 28 heavy (non-hydrogen) atoms. The summed E-state index contributed by atoms with van der Waals surface area (Å²) in [4.78, 5) is 27.6. The van der Waals surface area contributed by atoms with E-state index in [1.165, 1.54) is 9.80 Å². The number of carbonyl (C=O) groups excluding carboxylic acids is 2. The number of ether oxygens (including phenoxy) is 2. The minimum Gasteiger partial charge on any atom is -0.444 e. The van der Waals surface area contributed by atoms with Gasteiger partial charge >= 0.3 is 18.4 Å². The number of rotatable bonds is 0. The molecule has 0 bridgehead atoms. The van der Waals surface area contributed by atoms with Crippen LogP contribution in [-0.2, 0) is 9.47 Å². The summed E-state index contributed by atoms with van der Waals surface area (Å²) in [6.07, 6.45) is -5.25. The summed E-state index contributed by atoms with van der Waals surface area (Å²) >= 11 is 0. The molecule has 0 radical (unpaired) electrons. The maximum absolute atomic E-state index is 13.4. The second-order valence-corrected chi connectivity index (χ2v) is 9.73. The molecule has 0 saturated carbocycles. The van der Waals surface area contributed by atoms with Crippen molar-refractivity contribution in [1.82, 2.24) is 9.80 Å². The summed E-state index contributed by atoms with van der Waals surface area (Å²) < 4.78 is 50.9. The van der Waals surface area contributed by atoms with Gasteiger partial charge < -0.3 is 19.3 Å². The van der Waals surface area contributed by atoms with Gasteiger partial charge in [-0.15, -0.1) is 0 Å². The Balaban J connectivity index is 2.16. The molecule has 0 aromatic rings. The van der Waals surface area contributed by atoms with Crippen molar-refractivity contribution in [3.05, 3.63) is 0 Å². The first kappa shape index (κ1) is 22.6. The van der Waals surface area contributed by atoms with E-state index in [9.17, 15) is 22.8 Å². The number of hydrogen-bond donors (Lipinski definition) is 0. The minimum atomic E-state index is -4.38. The zero-order valence-corrected chi connectivity index (χ0v) is 17.5. The van der Waals surface area contributed by atoms with E-state index in [1.807, 2.05) is 0 Å². The molecule has 0 aromatic carbocycles. The van der Waals surface area contributed by atoms with E-state index >= 15 is 0 Å². The number of likely N-dealkylation sites (tertiary alicyclic amines) is 2. The van der Waals surface area contributed by atoms with Gasteiger partial charge in [0.1, 0.15) is 11.2 Å². The Morgan fingerprint density at radius 1 is 0.893 bits per heavy atom. The summed E-state index contributed by atoms with van der Waals surface area (Å²) in [5.74, 6) is -1.59. The molecule has 2 amide bonds. The number of hydrogen-bond acceptors (Lipinski definition) is 4. The zero-order chi connectivity index (χ0) is 21.5. The molecule has 162 valence electrons. The second-order valence-electron chi connectivity index (χ2n) is 9.73. The standard InChI is InChI=1S/C19H31F3N2O4/c1-16(2,3)27-14(25)23-9-7-18(8-10-23)11-13(19(20,21)22)12-24(18)15(26)28-17(4,5)6/h13H,7-12H2,1-6H3. The van der Waals surface area contributed by atoms with Gasteiger partial charge in [0.25, 0.3) is 0 Å². The third kappa shape index (κ3) is 5.44. The normalized spacial score (nSPS) is 23.1. The van der Waals surface area contributed by atoms with Gasteiger partial charge in [-0.2, -0.15) is 13.2 Å². The molecule has 2 rings (SSSR count). The molecule has 0 aliphatic carbocycles. The Hall–Kier alpha value is -1.67. The van der Waals surface area contributed by atoms with Gasteiger partial charge in [0.2, 0.25) is 0 Å². The van der Waals surface area contributed by atoms with E-state index in [2.05, 4.69) is 0 Å². The first-order valence-corrected chi connectivity index (χ1v) is 9.58. The lowest BCUT2D eigenvalue weighted by atomic mass is 9.83. The summed E-state index contributed by atoms with van der Waals surface area (Å²) in [6, 6.07) is 0. The first-order valence-electron chi connectivity index (χ1n) is 9.58. The van der Waals surface area contributed by atoms with Crippen molar-refractivity contribution in [3.8, 4) is 0 Å². The van der Waals surface area contributed by atoms with Crippen molar-refractivity contribution < 1.29 is 32.2 Å². The van der Waals surface area contributed by atoms with Crippen LogP contribution >= 0.6 is 0 Å². The fourth-order valence-corrected chi connectivity index (χ4v) is 3.76. The lowest BCUT2D eigenvalue weighted by molar-refractivity contribution is -0.171. The van der Waals surface area contributed by atoms with Gasteiger partial charge in [0.15, 0.2) is 0 Å². The molecule has 1 spiro atoms. The van der Waals surface area contributed by atoms with Gasteiger partial charge in [-0.05, 0) is 60.8 Å². The molecule has 2 heterocycles. The van der Waals surface area contributed by atoms with Crippen molar-refractivity contribution in [3.63, 3.8) is 0 Å². The van der Waals surface area contributed by atoms with E-state index in [0.717, 1.165) is 0 Å². The number of piperidine rings is 1. The number of carbonyl (C=O) groups is 2. The van der Waals surface area contributed by atoms with E-state index in [0.29, 0.717) is 0 Å². The maximum atomic E-state index is 13.4. The van der Waals surface area contributed by atoms with Crippen molar-refractivity contribution >= 4 is 12.2 Å². The van der Waals surface area contributed by atoms with E-state index in [4.69, 9.17) is 9.47 Å². The van der Waals surface area contributed by atoms with Gasteiger partial charge in [-0.1, -0.05) is 0 Å². The van der Waals surface area contributed by atoms with Gasteiger partial charge in [0, 0.05) is 19.6 Å². The summed E-state index contributed by atoms with van der Waals surface area (Å²) in [5, 5.41) is 0. The van der Waals surface area contributed by atoms with E-state index in [1.54, 1.807) is 41.5 Å². The number of alkyl halides is 3. The minimum absolute atomic E-state index is 0.169. The molecule has 1 atom stereocenters. The average molecular weight is 408 g/mol. The SMILES string of the molecule is CC(C)(C)OC(=O)N1CCC2(CC1)CC(C(F)(F)F)CN2C(=O)OC(C)(C)C. The lowest BCUT2D eigenvalue weighted by Crippen LogP contribution is -2.56. The number of nitrogens with zero attached hydrogens (tertiary/aromatic N) is 2. The molecule has 0 N–H and O–H groups in total. The molecular formula is C19H31F3N2O4. The van der Waals surface area contributed by atoms with Gasteiger partial charge in [-0.3, -0.25) is 0 Å². The average Bonchev–Trinajstić information content (AvgIpc) is 2.84. The Morgan fingerprint density at radius 2 is 1.36 bits per heavy atom. The highest BCUT2D eigenvalue weighted by atomic mass is 19.4. The Morgan fingerprint density at radius 3 is 1.79 bits per heavy atom. The van der Waals surface area contributed by atoms with Crippen LogP contribution in [0.4, 0.5) is 22.8 Å². The van der Waals surface area contributed by atoms with Crippen molar-refractivity contribution in [1.29, 1.82) is 0 Å². The largest absolute Gasteiger partial charge is 0.444 e. The van der Waals surface area contributed by atoms with Crippen LogP contribution in [0.1, 0.15) is 60.8 Å². The molecule has 6 nitrogen and oxygen atoms in total. The topological polar surface area (TPSA) is 59.1 Å². The van der Waals surface area contributed by atoms with E-state index in [-0.39, 0.29) is 32.4 Å². The third-order valence-corrected chi connectivity index (χ3v) is 5.02. The fourth-order valence-electron chi connectivity index (χ4n) is 3.76. The van der Waals surface area contributed by atoms with Crippen LogP contribution in [0.3, 0.4) is 0 Å². The van der Waals surface area contributed by atoms with Crippen LogP contribution in [0.5, 0.6) is 0 Å². The molecular weight excluding hydrogens is 377 g/mol. The highest BCUT2D eigenvalue weighted by Gasteiger charge is 2.57. The molecule has 9 heteroatoms. The second kappa shape index (κ2) is 7.30. The smallest absolute Gasteiger partial charge is 0.410 e. The monoisotopic (exact) mass is 408 g/mol. The fraction of sp³-hybridized carbons (Fsp3) is 0.895. The molecule has 1 unspecified atom stereocenters. The van der Waals surface area contributed by atoms with Crippen LogP contribution in [-0.4, -0.2) is 64.5 Å². The number of amides is 2. The van der Waals surface area contributed by atoms with Crippen molar-refractivity contribution in [2.24, 2.45) is 5.92 Å². The predicted octanol–water partition coefficient (Wildman–Crippen LogP) is 4.58. The Labute approximate surface area is 164 Å². The van der Waals surface area contributed by atoms with Crippen LogP contribution < -0.4 is 0 Å². The van der Waals surface area contributed by atoms with Crippen LogP contribution in [0, 0.1) is 5.92 Å². The van der Waals surface area contributed by atoms with E-state index < -0.39 is 47.6 Å². The highest BCUT2D eigenvalue weighted by molar-refractivity contribution is 5.71. The van der Waals surface area contributed by atoms with Crippen LogP contribution in [0.15, 0.2) is 0 Å². The van der Waals surface area contributed by atoms with Crippen LogP contribution in [0.2, 0.25) is 0 Å².